The predicted molar refractivity (Wildman–Crippen MR) is 65.0 cm³/mol. The molecule has 2 nitrogen and oxygen atoms in total. The van der Waals surface area contributed by atoms with Gasteiger partial charge in [-0.15, -0.1) is 0 Å². The molecule has 0 aromatic heterocycles. The smallest absolute Gasteiger partial charge is 0.00955 e. The molecule has 0 bridgehead atoms. The van der Waals surface area contributed by atoms with Crippen molar-refractivity contribution in [3.05, 3.63) is 0 Å². The molecule has 0 radical (unpaired) electrons. The third-order valence-corrected chi connectivity index (χ3v) is 3.80. The Morgan fingerprint density at radius 2 is 1.87 bits per heavy atom. The Morgan fingerprint density at radius 1 is 1.20 bits per heavy atom. The van der Waals surface area contributed by atoms with Crippen LogP contribution in [0.1, 0.15) is 39.5 Å². The van der Waals surface area contributed by atoms with Crippen LogP contribution in [0, 0.1) is 11.8 Å². The highest BCUT2D eigenvalue weighted by atomic mass is 15.2. The third-order valence-electron chi connectivity index (χ3n) is 3.80. The lowest BCUT2D eigenvalue weighted by molar-refractivity contribution is 0.130. The van der Waals surface area contributed by atoms with E-state index in [-0.39, 0.29) is 0 Å². The van der Waals surface area contributed by atoms with Crippen LogP contribution >= 0.6 is 0 Å². The van der Waals surface area contributed by atoms with E-state index in [1.165, 1.54) is 51.9 Å². The summed E-state index contributed by atoms with van der Waals surface area (Å²) in [5, 5.41) is 3.38. The van der Waals surface area contributed by atoms with Crippen molar-refractivity contribution in [2.45, 2.75) is 45.6 Å². The van der Waals surface area contributed by atoms with Crippen LogP contribution in [-0.4, -0.2) is 37.1 Å². The van der Waals surface area contributed by atoms with Crippen molar-refractivity contribution in [2.24, 2.45) is 11.8 Å². The molecule has 2 rings (SSSR count). The van der Waals surface area contributed by atoms with Gasteiger partial charge in [-0.1, -0.05) is 26.7 Å². The first kappa shape index (κ1) is 11.4. The lowest BCUT2D eigenvalue weighted by atomic mass is 10.0. The van der Waals surface area contributed by atoms with E-state index in [1.807, 2.05) is 0 Å². The number of nitrogens with one attached hydrogen (secondary N) is 1. The Kier molecular flexibility index (Phi) is 4.04. The van der Waals surface area contributed by atoms with Crippen molar-refractivity contribution in [1.29, 1.82) is 0 Å². The van der Waals surface area contributed by atoms with Crippen LogP contribution < -0.4 is 5.32 Å². The Bertz CT molecular complexity index is 181. The maximum atomic E-state index is 3.38. The van der Waals surface area contributed by atoms with Gasteiger partial charge in [0, 0.05) is 32.2 Å². The summed E-state index contributed by atoms with van der Waals surface area (Å²) >= 11 is 0. The molecule has 0 aromatic rings. The molecular formula is C13H26N2. The van der Waals surface area contributed by atoms with Crippen molar-refractivity contribution in [1.82, 2.24) is 10.2 Å². The van der Waals surface area contributed by atoms with E-state index < -0.39 is 0 Å². The molecule has 1 saturated heterocycles. The first-order valence-corrected chi connectivity index (χ1v) is 6.70. The predicted octanol–water partition coefficient (Wildman–Crippen LogP) is 2.11. The molecule has 1 aliphatic heterocycles. The maximum Gasteiger partial charge on any atom is 0.00955 e. The molecule has 2 heteroatoms. The summed E-state index contributed by atoms with van der Waals surface area (Å²) in [6.45, 7) is 9.85. The molecule has 1 saturated carbocycles. The molecule has 0 amide bonds. The largest absolute Gasteiger partial charge is 0.316 e. The van der Waals surface area contributed by atoms with Gasteiger partial charge >= 0.3 is 0 Å². The molecule has 88 valence electrons. The molecule has 0 unspecified atom stereocenters. The topological polar surface area (TPSA) is 15.3 Å². The summed E-state index contributed by atoms with van der Waals surface area (Å²) in [5.74, 6) is 1.75. The van der Waals surface area contributed by atoms with E-state index in [4.69, 9.17) is 0 Å². The van der Waals surface area contributed by atoms with Crippen LogP contribution in [0.5, 0.6) is 0 Å². The molecule has 1 N–H and O–H groups in total. The zero-order valence-electron chi connectivity index (χ0n) is 10.3. The molecule has 0 atom stereocenters. The van der Waals surface area contributed by atoms with Crippen LogP contribution in [-0.2, 0) is 0 Å². The van der Waals surface area contributed by atoms with E-state index in [1.54, 1.807) is 0 Å². The van der Waals surface area contributed by atoms with Gasteiger partial charge in [0.1, 0.15) is 0 Å². The van der Waals surface area contributed by atoms with Crippen molar-refractivity contribution in [3.63, 3.8) is 0 Å². The Labute approximate surface area is 94.4 Å². The van der Waals surface area contributed by atoms with Gasteiger partial charge in [-0.05, 0) is 24.7 Å². The highest BCUT2D eigenvalue weighted by Crippen LogP contribution is 2.25. The first-order chi connectivity index (χ1) is 7.25. The summed E-state index contributed by atoms with van der Waals surface area (Å²) in [6.07, 6.45) is 5.82. The SMILES string of the molecule is CC(C)CN(CC1CNC1)C1CCCC1. The van der Waals surface area contributed by atoms with E-state index >= 15 is 0 Å². The summed E-state index contributed by atoms with van der Waals surface area (Å²) in [6, 6.07) is 0.910. The lowest BCUT2D eigenvalue weighted by Gasteiger charge is -2.37. The van der Waals surface area contributed by atoms with E-state index in [9.17, 15) is 0 Å². The molecular weight excluding hydrogens is 184 g/mol. The summed E-state index contributed by atoms with van der Waals surface area (Å²) < 4.78 is 0. The molecule has 2 aliphatic rings. The number of rotatable bonds is 5. The fourth-order valence-electron chi connectivity index (χ4n) is 2.92. The van der Waals surface area contributed by atoms with Crippen LogP contribution in [0.2, 0.25) is 0 Å². The van der Waals surface area contributed by atoms with Gasteiger partial charge in [0.2, 0.25) is 0 Å². The van der Waals surface area contributed by atoms with Gasteiger partial charge in [0.15, 0.2) is 0 Å². The average Bonchev–Trinajstić information content (AvgIpc) is 2.60. The van der Waals surface area contributed by atoms with E-state index in [0.29, 0.717) is 0 Å². The van der Waals surface area contributed by atoms with E-state index in [2.05, 4.69) is 24.1 Å². The minimum Gasteiger partial charge on any atom is -0.316 e. The minimum atomic E-state index is 0.818. The maximum absolute atomic E-state index is 3.38. The molecule has 1 heterocycles. The average molecular weight is 210 g/mol. The normalized spacial score (nSPS) is 24.0. The summed E-state index contributed by atoms with van der Waals surface area (Å²) in [7, 11) is 0. The first-order valence-electron chi connectivity index (χ1n) is 6.70. The quantitative estimate of drug-likeness (QED) is 0.747. The fourth-order valence-corrected chi connectivity index (χ4v) is 2.92. The van der Waals surface area contributed by atoms with Gasteiger partial charge in [-0.25, -0.2) is 0 Å². The monoisotopic (exact) mass is 210 g/mol. The molecule has 0 spiro atoms. The molecule has 15 heavy (non-hydrogen) atoms. The van der Waals surface area contributed by atoms with Gasteiger partial charge in [-0.2, -0.15) is 0 Å². The van der Waals surface area contributed by atoms with Gasteiger partial charge in [0.05, 0.1) is 0 Å². The van der Waals surface area contributed by atoms with Crippen molar-refractivity contribution in [3.8, 4) is 0 Å². The second-order valence-electron chi connectivity index (χ2n) is 5.81. The van der Waals surface area contributed by atoms with Crippen molar-refractivity contribution in [2.75, 3.05) is 26.2 Å². The second kappa shape index (κ2) is 5.31. The second-order valence-corrected chi connectivity index (χ2v) is 5.81. The fraction of sp³-hybridized carbons (Fsp3) is 1.00. The zero-order chi connectivity index (χ0) is 10.7. The standard InChI is InChI=1S/C13H26N2/c1-11(2)9-15(10-12-7-14-8-12)13-5-3-4-6-13/h11-14H,3-10H2,1-2H3. The number of hydrogen-bond donors (Lipinski definition) is 1. The van der Waals surface area contributed by atoms with Gasteiger partial charge in [0.25, 0.3) is 0 Å². The number of nitrogens with zero attached hydrogens (tertiary/aromatic N) is 1. The van der Waals surface area contributed by atoms with Crippen molar-refractivity contribution < 1.29 is 0 Å². The Hall–Kier alpha value is -0.0800. The molecule has 1 aliphatic carbocycles. The van der Waals surface area contributed by atoms with Crippen LogP contribution in [0.25, 0.3) is 0 Å². The van der Waals surface area contributed by atoms with Crippen LogP contribution in [0.3, 0.4) is 0 Å². The summed E-state index contributed by atoms with van der Waals surface area (Å²) in [5.41, 5.74) is 0. The summed E-state index contributed by atoms with van der Waals surface area (Å²) in [4.78, 5) is 2.78. The zero-order valence-corrected chi connectivity index (χ0v) is 10.3. The molecule has 2 fully saturated rings. The highest BCUT2D eigenvalue weighted by Gasteiger charge is 2.27. The van der Waals surface area contributed by atoms with Crippen molar-refractivity contribution >= 4 is 0 Å². The Morgan fingerprint density at radius 3 is 2.33 bits per heavy atom. The number of hydrogen-bond acceptors (Lipinski definition) is 2. The lowest BCUT2D eigenvalue weighted by Crippen LogP contribution is -2.50. The Balaban J connectivity index is 1.82. The van der Waals surface area contributed by atoms with Gasteiger partial charge < -0.3 is 5.32 Å². The van der Waals surface area contributed by atoms with Crippen LogP contribution in [0.4, 0.5) is 0 Å². The molecule has 0 aromatic carbocycles. The van der Waals surface area contributed by atoms with Gasteiger partial charge in [-0.3, -0.25) is 4.90 Å². The van der Waals surface area contributed by atoms with Crippen LogP contribution in [0.15, 0.2) is 0 Å². The third kappa shape index (κ3) is 3.18. The highest BCUT2D eigenvalue weighted by molar-refractivity contribution is 4.84. The van der Waals surface area contributed by atoms with E-state index in [0.717, 1.165) is 17.9 Å². The minimum absolute atomic E-state index is 0.818.